The molecule has 0 saturated carbocycles. The van der Waals surface area contributed by atoms with Gasteiger partial charge in [-0.3, -0.25) is 19.2 Å². The number of nitro benzene ring substituents is 1. The molecule has 3 rings (SSSR count). The number of hydrogen-bond donors (Lipinski definition) is 1. The Labute approximate surface area is 219 Å². The number of hydrogen-bond acceptors (Lipinski definition) is 9. The number of methoxy groups -OCH3 is 3. The van der Waals surface area contributed by atoms with Gasteiger partial charge in [-0.05, 0) is 49.4 Å². The molecule has 0 aliphatic rings. The van der Waals surface area contributed by atoms with Gasteiger partial charge >= 0.3 is 0 Å². The molecule has 200 valence electrons. The average molecular weight is 543 g/mol. The number of amides is 1. The number of ether oxygens (including phenoxy) is 3. The van der Waals surface area contributed by atoms with E-state index in [1.807, 2.05) is 0 Å². The molecule has 0 fully saturated rings. The molecule has 1 N–H and O–H groups in total. The molecular weight excluding hydrogens is 516 g/mol. The number of carbonyl (C=O) groups is 1. The summed E-state index contributed by atoms with van der Waals surface area (Å²) in [5.41, 5.74) is 2.93. The lowest BCUT2D eigenvalue weighted by Gasteiger charge is -2.24. The normalized spacial score (nSPS) is 11.2. The van der Waals surface area contributed by atoms with E-state index in [0.717, 1.165) is 10.4 Å². The van der Waals surface area contributed by atoms with E-state index in [4.69, 9.17) is 14.2 Å². The van der Waals surface area contributed by atoms with Gasteiger partial charge in [-0.1, -0.05) is 6.07 Å². The maximum atomic E-state index is 13.6. The lowest BCUT2D eigenvalue weighted by molar-refractivity contribution is -0.385. The molecule has 0 aliphatic heterocycles. The van der Waals surface area contributed by atoms with Crippen LogP contribution in [0.4, 0.5) is 11.4 Å². The van der Waals surface area contributed by atoms with Gasteiger partial charge in [0.05, 0.1) is 43.1 Å². The zero-order valence-corrected chi connectivity index (χ0v) is 21.9. The standard InChI is InChI=1S/C25H26N4O8S/c1-17-5-12-22(14-23(17)29(31)32)38(33,34)28(19-7-10-20(35-2)11-8-19)16-25(30)27-26-15-18-6-9-21(36-3)13-24(18)37-4/h5-15H,16H2,1-4H3,(H,27,30)/b26-15-. The van der Waals surface area contributed by atoms with Gasteiger partial charge in [-0.15, -0.1) is 0 Å². The number of hydrazone groups is 1. The number of sulfonamides is 1. The van der Waals surface area contributed by atoms with E-state index in [-0.39, 0.29) is 16.3 Å². The third-order valence-corrected chi connectivity index (χ3v) is 7.22. The Morgan fingerprint density at radius 2 is 1.66 bits per heavy atom. The quantitative estimate of drug-likeness (QED) is 0.220. The summed E-state index contributed by atoms with van der Waals surface area (Å²) in [5.74, 6) is 0.736. The van der Waals surface area contributed by atoms with Crippen molar-refractivity contribution in [2.24, 2.45) is 5.10 Å². The minimum Gasteiger partial charge on any atom is -0.497 e. The van der Waals surface area contributed by atoms with Crippen molar-refractivity contribution in [3.05, 3.63) is 81.9 Å². The van der Waals surface area contributed by atoms with Crippen molar-refractivity contribution < 1.29 is 32.3 Å². The highest BCUT2D eigenvalue weighted by molar-refractivity contribution is 7.92. The van der Waals surface area contributed by atoms with Crippen molar-refractivity contribution in [2.75, 3.05) is 32.2 Å². The number of aryl methyl sites for hydroxylation is 1. The maximum absolute atomic E-state index is 13.6. The second-order valence-electron chi connectivity index (χ2n) is 7.82. The lowest BCUT2D eigenvalue weighted by atomic mass is 10.2. The molecule has 0 saturated heterocycles. The van der Waals surface area contributed by atoms with Crippen LogP contribution in [0.1, 0.15) is 11.1 Å². The van der Waals surface area contributed by atoms with Crippen molar-refractivity contribution in [1.82, 2.24) is 5.43 Å². The summed E-state index contributed by atoms with van der Waals surface area (Å²) in [4.78, 5) is 23.2. The van der Waals surface area contributed by atoms with Gasteiger partial charge in [0.2, 0.25) is 0 Å². The summed E-state index contributed by atoms with van der Waals surface area (Å²) >= 11 is 0. The minimum atomic E-state index is -4.40. The number of anilines is 1. The van der Waals surface area contributed by atoms with Gasteiger partial charge in [-0.2, -0.15) is 5.10 Å². The van der Waals surface area contributed by atoms with E-state index in [2.05, 4.69) is 10.5 Å². The fraction of sp³-hybridized carbons (Fsp3) is 0.200. The van der Waals surface area contributed by atoms with Gasteiger partial charge in [0.1, 0.15) is 23.8 Å². The topological polar surface area (TPSA) is 150 Å². The van der Waals surface area contributed by atoms with E-state index in [1.54, 1.807) is 18.2 Å². The first-order valence-electron chi connectivity index (χ1n) is 11.1. The van der Waals surface area contributed by atoms with Crippen LogP contribution in [0.25, 0.3) is 0 Å². The first-order valence-corrected chi connectivity index (χ1v) is 12.5. The fourth-order valence-electron chi connectivity index (χ4n) is 3.40. The molecule has 3 aromatic rings. The van der Waals surface area contributed by atoms with Crippen LogP contribution in [0, 0.1) is 17.0 Å². The van der Waals surface area contributed by atoms with Crippen molar-refractivity contribution in [3.63, 3.8) is 0 Å². The third kappa shape index (κ3) is 6.37. The fourth-order valence-corrected chi connectivity index (χ4v) is 4.84. The molecule has 0 bridgehead atoms. The lowest BCUT2D eigenvalue weighted by Crippen LogP contribution is -2.39. The molecule has 0 unspecified atom stereocenters. The Balaban J connectivity index is 1.91. The Bertz CT molecular complexity index is 1460. The summed E-state index contributed by atoms with van der Waals surface area (Å²) in [6.45, 7) is 0.840. The molecule has 1 amide bonds. The van der Waals surface area contributed by atoms with Gasteiger partial charge in [0, 0.05) is 23.3 Å². The highest BCUT2D eigenvalue weighted by Crippen LogP contribution is 2.29. The second-order valence-corrected chi connectivity index (χ2v) is 9.68. The van der Waals surface area contributed by atoms with E-state index in [0.29, 0.717) is 28.4 Å². The van der Waals surface area contributed by atoms with Crippen molar-refractivity contribution >= 4 is 33.5 Å². The number of nitrogens with one attached hydrogen (secondary N) is 1. The Kier molecular flexibility index (Phi) is 8.86. The van der Waals surface area contributed by atoms with Crippen LogP contribution >= 0.6 is 0 Å². The molecule has 13 heteroatoms. The Morgan fingerprint density at radius 3 is 2.26 bits per heavy atom. The average Bonchev–Trinajstić information content (AvgIpc) is 2.91. The molecule has 0 atom stereocenters. The van der Waals surface area contributed by atoms with Crippen LogP contribution in [0.15, 0.2) is 70.7 Å². The van der Waals surface area contributed by atoms with E-state index >= 15 is 0 Å². The van der Waals surface area contributed by atoms with Crippen LogP contribution in [0.3, 0.4) is 0 Å². The zero-order valence-electron chi connectivity index (χ0n) is 21.1. The van der Waals surface area contributed by atoms with Crippen LogP contribution in [-0.2, 0) is 14.8 Å². The molecular formula is C25H26N4O8S. The van der Waals surface area contributed by atoms with Crippen molar-refractivity contribution in [1.29, 1.82) is 0 Å². The second kappa shape index (κ2) is 12.1. The van der Waals surface area contributed by atoms with Gasteiger partial charge in [-0.25, -0.2) is 13.8 Å². The summed E-state index contributed by atoms with van der Waals surface area (Å²) < 4.78 is 43.5. The van der Waals surface area contributed by atoms with Crippen LogP contribution < -0.4 is 23.9 Å². The Hall–Kier alpha value is -4.65. The number of nitro groups is 1. The summed E-state index contributed by atoms with van der Waals surface area (Å²) in [6, 6.07) is 14.5. The van der Waals surface area contributed by atoms with Crippen LogP contribution in [0.2, 0.25) is 0 Å². The monoisotopic (exact) mass is 542 g/mol. The van der Waals surface area contributed by atoms with Crippen LogP contribution in [0.5, 0.6) is 17.2 Å². The first kappa shape index (κ1) is 27.9. The molecule has 38 heavy (non-hydrogen) atoms. The van der Waals surface area contributed by atoms with Crippen molar-refractivity contribution in [3.8, 4) is 17.2 Å². The molecule has 3 aromatic carbocycles. The zero-order chi connectivity index (χ0) is 27.9. The smallest absolute Gasteiger partial charge is 0.273 e. The SMILES string of the molecule is COc1ccc(N(CC(=O)N/N=C\c2ccc(OC)cc2OC)S(=O)(=O)c2ccc(C)c([N+](=O)[O-])c2)cc1. The van der Waals surface area contributed by atoms with Gasteiger partial charge in [0.15, 0.2) is 0 Å². The molecule has 0 aromatic heterocycles. The summed E-state index contributed by atoms with van der Waals surface area (Å²) in [5, 5.41) is 15.3. The predicted molar refractivity (Wildman–Crippen MR) is 141 cm³/mol. The van der Waals surface area contributed by atoms with E-state index < -0.39 is 27.4 Å². The van der Waals surface area contributed by atoms with Gasteiger partial charge < -0.3 is 14.2 Å². The highest BCUT2D eigenvalue weighted by Gasteiger charge is 2.29. The molecule has 0 heterocycles. The maximum Gasteiger partial charge on any atom is 0.273 e. The Morgan fingerprint density at radius 1 is 1.00 bits per heavy atom. The number of carbonyl (C=O) groups excluding carboxylic acids is 1. The van der Waals surface area contributed by atoms with E-state index in [9.17, 15) is 23.3 Å². The number of benzene rings is 3. The number of rotatable bonds is 11. The highest BCUT2D eigenvalue weighted by atomic mass is 32.2. The van der Waals surface area contributed by atoms with Crippen molar-refractivity contribution in [2.45, 2.75) is 11.8 Å². The van der Waals surface area contributed by atoms with E-state index in [1.165, 1.54) is 70.9 Å². The summed E-state index contributed by atoms with van der Waals surface area (Å²) in [6.07, 6.45) is 1.34. The first-order chi connectivity index (χ1) is 18.1. The molecule has 0 radical (unpaired) electrons. The minimum absolute atomic E-state index is 0.144. The summed E-state index contributed by atoms with van der Waals surface area (Å²) in [7, 11) is 0.0449. The molecule has 0 aliphatic carbocycles. The third-order valence-electron chi connectivity index (χ3n) is 5.45. The molecule has 12 nitrogen and oxygen atoms in total. The largest absolute Gasteiger partial charge is 0.497 e. The van der Waals surface area contributed by atoms with Gasteiger partial charge in [0.25, 0.3) is 21.6 Å². The van der Waals surface area contributed by atoms with Crippen LogP contribution in [-0.4, -0.2) is 53.3 Å². The molecule has 0 spiro atoms. The number of nitrogens with zero attached hydrogens (tertiary/aromatic N) is 3. The predicted octanol–water partition coefficient (Wildman–Crippen LogP) is 3.27.